The molecule has 0 radical (unpaired) electrons. The molecule has 4 rings (SSSR count). The van der Waals surface area contributed by atoms with Crippen LogP contribution in [0.15, 0.2) is 85.1 Å². The van der Waals surface area contributed by atoms with Gasteiger partial charge >= 0.3 is 0 Å². The quantitative estimate of drug-likeness (QED) is 0.436. The monoisotopic (exact) mass is 382 g/mol. The van der Waals surface area contributed by atoms with Crippen molar-refractivity contribution in [2.75, 3.05) is 6.54 Å². The van der Waals surface area contributed by atoms with Crippen LogP contribution in [-0.2, 0) is 24.8 Å². The molecule has 3 aromatic carbocycles. The number of aromatic nitrogens is 1. The minimum absolute atomic E-state index is 0.109. The molecule has 0 aliphatic heterocycles. The minimum Gasteiger partial charge on any atom is -0.350 e. The average molecular weight is 383 g/mol. The van der Waals surface area contributed by atoms with Crippen molar-refractivity contribution < 1.29 is 4.79 Å². The van der Waals surface area contributed by atoms with Crippen LogP contribution in [0.3, 0.4) is 0 Å². The molecule has 0 N–H and O–H groups in total. The number of hydrogen-bond acceptors (Lipinski definition) is 1. The first-order valence-corrected chi connectivity index (χ1v) is 10.0. The predicted octanol–water partition coefficient (Wildman–Crippen LogP) is 5.44. The maximum atomic E-state index is 12.2. The highest BCUT2D eigenvalue weighted by Crippen LogP contribution is 2.22. The van der Waals surface area contributed by atoms with Crippen molar-refractivity contribution in [2.45, 2.75) is 19.9 Å². The Hall–Kier alpha value is -3.33. The zero-order valence-corrected chi connectivity index (χ0v) is 17.0. The van der Waals surface area contributed by atoms with E-state index < -0.39 is 0 Å². The van der Waals surface area contributed by atoms with Crippen molar-refractivity contribution in [2.24, 2.45) is 7.05 Å². The molecule has 29 heavy (non-hydrogen) atoms. The first-order valence-electron chi connectivity index (χ1n) is 10.0. The molecule has 4 aromatic rings. The first-order chi connectivity index (χ1) is 14.1. The number of amides is 1. The van der Waals surface area contributed by atoms with Crippen LogP contribution in [0.25, 0.3) is 22.0 Å². The van der Waals surface area contributed by atoms with Crippen molar-refractivity contribution in [3.05, 3.63) is 96.2 Å². The third kappa shape index (κ3) is 4.24. The van der Waals surface area contributed by atoms with E-state index in [2.05, 4.69) is 78.5 Å². The van der Waals surface area contributed by atoms with Crippen LogP contribution in [0.5, 0.6) is 0 Å². The lowest BCUT2D eigenvalue weighted by atomic mass is 10.0. The zero-order valence-electron chi connectivity index (χ0n) is 17.0. The predicted molar refractivity (Wildman–Crippen MR) is 120 cm³/mol. The number of hydrogen-bond donors (Lipinski definition) is 0. The Balaban J connectivity index is 1.46. The normalized spacial score (nSPS) is 11.0. The van der Waals surface area contributed by atoms with Crippen molar-refractivity contribution in [3.63, 3.8) is 0 Å². The van der Waals surface area contributed by atoms with E-state index in [0.717, 1.165) is 12.0 Å². The van der Waals surface area contributed by atoms with Crippen LogP contribution < -0.4 is 0 Å². The van der Waals surface area contributed by atoms with Crippen LogP contribution in [0.4, 0.5) is 0 Å². The molecule has 0 aliphatic carbocycles. The van der Waals surface area contributed by atoms with Gasteiger partial charge < -0.3 is 9.47 Å². The number of benzene rings is 3. The van der Waals surface area contributed by atoms with Gasteiger partial charge in [0.05, 0.1) is 0 Å². The third-order valence-corrected chi connectivity index (χ3v) is 5.51. The minimum atomic E-state index is 0.109. The molecule has 0 saturated heterocycles. The Labute approximate surface area is 172 Å². The maximum absolute atomic E-state index is 12.2. The summed E-state index contributed by atoms with van der Waals surface area (Å²) >= 11 is 0. The number of carbonyl (C=O) groups excluding carboxylic acids is 1. The van der Waals surface area contributed by atoms with Crippen LogP contribution in [-0.4, -0.2) is 21.9 Å². The van der Waals surface area contributed by atoms with Crippen molar-refractivity contribution in [1.82, 2.24) is 9.47 Å². The number of nitrogens with zero attached hydrogens (tertiary/aromatic N) is 2. The van der Waals surface area contributed by atoms with Crippen LogP contribution >= 0.6 is 0 Å². The second-order valence-corrected chi connectivity index (χ2v) is 7.54. The van der Waals surface area contributed by atoms with E-state index in [1.54, 1.807) is 6.92 Å². The lowest BCUT2D eigenvalue weighted by Crippen LogP contribution is -2.30. The molecule has 1 heterocycles. The summed E-state index contributed by atoms with van der Waals surface area (Å²) in [4.78, 5) is 14.2. The highest BCUT2D eigenvalue weighted by molar-refractivity contribution is 5.84. The summed E-state index contributed by atoms with van der Waals surface area (Å²) in [5, 5.41) is 1.27. The number of carbonyl (C=O) groups is 1. The third-order valence-electron chi connectivity index (χ3n) is 5.51. The van der Waals surface area contributed by atoms with Gasteiger partial charge in [0, 0.05) is 44.2 Å². The highest BCUT2D eigenvalue weighted by Gasteiger charge is 2.12. The van der Waals surface area contributed by atoms with Gasteiger partial charge in [-0.15, -0.1) is 0 Å². The van der Waals surface area contributed by atoms with E-state index in [1.807, 2.05) is 23.1 Å². The van der Waals surface area contributed by atoms with Gasteiger partial charge in [0.2, 0.25) is 5.91 Å². The molecule has 3 heteroatoms. The van der Waals surface area contributed by atoms with Crippen molar-refractivity contribution in [1.29, 1.82) is 0 Å². The van der Waals surface area contributed by atoms with E-state index in [1.165, 1.54) is 27.6 Å². The summed E-state index contributed by atoms with van der Waals surface area (Å²) in [6.45, 7) is 3.00. The van der Waals surface area contributed by atoms with Gasteiger partial charge in [0.25, 0.3) is 0 Å². The van der Waals surface area contributed by atoms with Gasteiger partial charge in [0.1, 0.15) is 0 Å². The van der Waals surface area contributed by atoms with Gasteiger partial charge in [-0.3, -0.25) is 4.79 Å². The molecule has 1 aromatic heterocycles. The molecule has 3 nitrogen and oxygen atoms in total. The SMILES string of the molecule is CC(=O)N(CCc1cn(C)c2ccccc12)Cc1ccc(-c2ccccc2)cc1. The smallest absolute Gasteiger partial charge is 0.219 e. The lowest BCUT2D eigenvalue weighted by Gasteiger charge is -2.21. The fourth-order valence-corrected chi connectivity index (χ4v) is 3.88. The fourth-order valence-electron chi connectivity index (χ4n) is 3.88. The van der Waals surface area contributed by atoms with E-state index in [4.69, 9.17) is 0 Å². The zero-order chi connectivity index (χ0) is 20.2. The topological polar surface area (TPSA) is 25.2 Å². The summed E-state index contributed by atoms with van der Waals surface area (Å²) < 4.78 is 2.16. The Morgan fingerprint density at radius 1 is 0.862 bits per heavy atom. The summed E-state index contributed by atoms with van der Waals surface area (Å²) in [7, 11) is 2.07. The summed E-state index contributed by atoms with van der Waals surface area (Å²) in [6, 6.07) is 27.3. The van der Waals surface area contributed by atoms with E-state index in [9.17, 15) is 4.79 Å². The van der Waals surface area contributed by atoms with Gasteiger partial charge in [-0.25, -0.2) is 0 Å². The first kappa shape index (κ1) is 19.0. The molecule has 0 aliphatic rings. The molecule has 0 bridgehead atoms. The molecule has 1 amide bonds. The second-order valence-electron chi connectivity index (χ2n) is 7.54. The maximum Gasteiger partial charge on any atom is 0.219 e. The number of fused-ring (bicyclic) bond motifs is 1. The van der Waals surface area contributed by atoms with E-state index in [0.29, 0.717) is 13.1 Å². The molecule has 0 atom stereocenters. The molecule has 0 spiro atoms. The lowest BCUT2D eigenvalue weighted by molar-refractivity contribution is -0.129. The van der Waals surface area contributed by atoms with Crippen molar-refractivity contribution in [3.8, 4) is 11.1 Å². The van der Waals surface area contributed by atoms with Gasteiger partial charge in [-0.05, 0) is 34.7 Å². The Kier molecular flexibility index (Phi) is 5.48. The average Bonchev–Trinajstić information content (AvgIpc) is 3.08. The van der Waals surface area contributed by atoms with Crippen LogP contribution in [0, 0.1) is 0 Å². The molecule has 0 unspecified atom stereocenters. The van der Waals surface area contributed by atoms with Crippen LogP contribution in [0.1, 0.15) is 18.1 Å². The summed E-state index contributed by atoms with van der Waals surface area (Å²) in [5.74, 6) is 0.109. The molecular weight excluding hydrogens is 356 g/mol. The number of aryl methyl sites for hydroxylation is 1. The highest BCUT2D eigenvalue weighted by atomic mass is 16.2. The molecular formula is C26H26N2O. The van der Waals surface area contributed by atoms with E-state index in [-0.39, 0.29) is 5.91 Å². The van der Waals surface area contributed by atoms with Gasteiger partial charge in [-0.2, -0.15) is 0 Å². The Bertz CT molecular complexity index is 1110. The standard InChI is InChI=1S/C26H26N2O/c1-20(29)28(17-16-24-19-27(2)26-11-7-6-10-25(24)26)18-21-12-14-23(15-13-21)22-8-4-3-5-9-22/h3-15,19H,16-18H2,1-2H3. The van der Waals surface area contributed by atoms with Gasteiger partial charge in [0.15, 0.2) is 0 Å². The largest absolute Gasteiger partial charge is 0.350 e. The summed E-state index contributed by atoms with van der Waals surface area (Å²) in [5.41, 5.74) is 6.07. The van der Waals surface area contributed by atoms with Crippen LogP contribution in [0.2, 0.25) is 0 Å². The fraction of sp³-hybridized carbons (Fsp3) is 0.192. The summed E-state index contributed by atoms with van der Waals surface area (Å²) in [6.07, 6.45) is 3.03. The number of para-hydroxylation sites is 1. The second kappa shape index (κ2) is 8.36. The van der Waals surface area contributed by atoms with Gasteiger partial charge in [-0.1, -0.05) is 72.8 Å². The Morgan fingerprint density at radius 3 is 2.24 bits per heavy atom. The molecule has 146 valence electrons. The Morgan fingerprint density at radius 2 is 1.52 bits per heavy atom. The van der Waals surface area contributed by atoms with E-state index >= 15 is 0 Å². The number of rotatable bonds is 6. The van der Waals surface area contributed by atoms with Crippen molar-refractivity contribution >= 4 is 16.8 Å². The molecule has 0 fully saturated rings. The molecule has 0 saturated carbocycles.